The molecule has 1 aliphatic heterocycles. The maximum absolute atomic E-state index is 13.8. The topological polar surface area (TPSA) is 43.7 Å². The quantitative estimate of drug-likeness (QED) is 0.822. The number of piperidine rings is 1. The average Bonchev–Trinajstić information content (AvgIpc) is 2.32. The summed E-state index contributed by atoms with van der Waals surface area (Å²) in [7, 11) is 0. The summed E-state index contributed by atoms with van der Waals surface area (Å²) in [6.45, 7) is 3.15. The van der Waals surface area contributed by atoms with E-state index in [-0.39, 0.29) is 24.4 Å². The van der Waals surface area contributed by atoms with Crippen molar-refractivity contribution in [2.24, 2.45) is 5.92 Å². The van der Waals surface area contributed by atoms with Crippen molar-refractivity contribution in [2.45, 2.75) is 26.1 Å². The van der Waals surface area contributed by atoms with E-state index in [4.69, 9.17) is 5.11 Å². The van der Waals surface area contributed by atoms with Crippen molar-refractivity contribution in [1.82, 2.24) is 0 Å². The molecule has 0 radical (unpaired) electrons. The largest absolute Gasteiger partial charge is 0.393 e. The van der Waals surface area contributed by atoms with Crippen molar-refractivity contribution >= 4 is 5.69 Å². The number of aliphatic hydroxyl groups excluding tert-OH is 2. The van der Waals surface area contributed by atoms with E-state index >= 15 is 0 Å². The van der Waals surface area contributed by atoms with Gasteiger partial charge in [-0.3, -0.25) is 0 Å². The molecular formula is C13H18FNO2. The van der Waals surface area contributed by atoms with Gasteiger partial charge in [0.05, 0.1) is 18.4 Å². The number of hydrogen-bond acceptors (Lipinski definition) is 3. The summed E-state index contributed by atoms with van der Waals surface area (Å²) in [5.41, 5.74) is 1.14. The first kappa shape index (κ1) is 12.3. The number of aliphatic hydroxyl groups is 2. The summed E-state index contributed by atoms with van der Waals surface area (Å²) < 4.78 is 13.8. The highest BCUT2D eigenvalue weighted by atomic mass is 19.1. The molecule has 1 aromatic carbocycles. The Kier molecular flexibility index (Phi) is 3.64. The molecular weight excluding hydrogens is 221 g/mol. The van der Waals surface area contributed by atoms with Crippen LogP contribution in [0.3, 0.4) is 0 Å². The lowest BCUT2D eigenvalue weighted by atomic mass is 9.96. The van der Waals surface area contributed by atoms with Crippen LogP contribution in [0.2, 0.25) is 0 Å². The van der Waals surface area contributed by atoms with Crippen LogP contribution in [0.25, 0.3) is 0 Å². The Morgan fingerprint density at radius 1 is 1.47 bits per heavy atom. The van der Waals surface area contributed by atoms with Crippen LogP contribution in [0.15, 0.2) is 18.2 Å². The minimum Gasteiger partial charge on any atom is -0.393 e. The van der Waals surface area contributed by atoms with E-state index in [9.17, 15) is 9.50 Å². The van der Waals surface area contributed by atoms with Gasteiger partial charge in [-0.05, 0) is 30.0 Å². The Labute approximate surface area is 100 Å². The molecule has 0 saturated carbocycles. The first-order chi connectivity index (χ1) is 8.11. The third kappa shape index (κ3) is 2.58. The molecule has 0 amide bonds. The zero-order valence-electron chi connectivity index (χ0n) is 9.93. The molecule has 2 N–H and O–H groups in total. The zero-order chi connectivity index (χ0) is 12.4. The molecule has 0 aliphatic carbocycles. The second kappa shape index (κ2) is 5.02. The van der Waals surface area contributed by atoms with Crippen LogP contribution in [0.1, 0.15) is 18.9 Å². The molecule has 0 spiro atoms. The summed E-state index contributed by atoms with van der Waals surface area (Å²) in [5, 5.41) is 18.6. The molecule has 94 valence electrons. The van der Waals surface area contributed by atoms with E-state index in [0.29, 0.717) is 30.8 Å². The van der Waals surface area contributed by atoms with Crippen LogP contribution in [-0.4, -0.2) is 29.4 Å². The van der Waals surface area contributed by atoms with Gasteiger partial charge in [0, 0.05) is 13.1 Å². The molecule has 1 saturated heterocycles. The van der Waals surface area contributed by atoms with Crippen LogP contribution < -0.4 is 4.90 Å². The predicted molar refractivity (Wildman–Crippen MR) is 64.3 cm³/mol. The fourth-order valence-corrected chi connectivity index (χ4v) is 2.26. The van der Waals surface area contributed by atoms with Gasteiger partial charge < -0.3 is 15.1 Å². The van der Waals surface area contributed by atoms with Crippen LogP contribution in [-0.2, 0) is 6.61 Å². The van der Waals surface area contributed by atoms with Crippen molar-refractivity contribution in [1.29, 1.82) is 0 Å². The summed E-state index contributed by atoms with van der Waals surface area (Å²) >= 11 is 0. The Morgan fingerprint density at radius 3 is 2.82 bits per heavy atom. The summed E-state index contributed by atoms with van der Waals surface area (Å²) in [4.78, 5) is 1.95. The van der Waals surface area contributed by atoms with E-state index in [1.54, 1.807) is 12.1 Å². The smallest absolute Gasteiger partial charge is 0.146 e. The summed E-state index contributed by atoms with van der Waals surface area (Å²) in [6, 6.07) is 4.80. The van der Waals surface area contributed by atoms with Gasteiger partial charge in [-0.25, -0.2) is 4.39 Å². The first-order valence-corrected chi connectivity index (χ1v) is 5.94. The van der Waals surface area contributed by atoms with E-state index in [2.05, 4.69) is 0 Å². The molecule has 1 aromatic rings. The van der Waals surface area contributed by atoms with E-state index in [1.165, 1.54) is 6.07 Å². The average molecular weight is 239 g/mol. The van der Waals surface area contributed by atoms with Gasteiger partial charge >= 0.3 is 0 Å². The molecule has 4 heteroatoms. The van der Waals surface area contributed by atoms with Gasteiger partial charge in [0.2, 0.25) is 0 Å². The predicted octanol–water partition coefficient (Wildman–Crippen LogP) is 1.53. The molecule has 2 rings (SSSR count). The monoisotopic (exact) mass is 239 g/mol. The van der Waals surface area contributed by atoms with Crippen molar-refractivity contribution in [3.8, 4) is 0 Å². The molecule has 2 atom stereocenters. The molecule has 17 heavy (non-hydrogen) atoms. The van der Waals surface area contributed by atoms with E-state index in [0.717, 1.165) is 0 Å². The van der Waals surface area contributed by atoms with Crippen molar-refractivity contribution in [3.05, 3.63) is 29.6 Å². The van der Waals surface area contributed by atoms with Crippen LogP contribution in [0.4, 0.5) is 10.1 Å². The molecule has 2 unspecified atom stereocenters. The van der Waals surface area contributed by atoms with Gasteiger partial charge in [-0.2, -0.15) is 0 Å². The van der Waals surface area contributed by atoms with Crippen LogP contribution in [0.5, 0.6) is 0 Å². The third-order valence-electron chi connectivity index (χ3n) is 3.40. The summed E-state index contributed by atoms with van der Waals surface area (Å²) in [5.74, 6) is -0.152. The molecule has 1 fully saturated rings. The minimum absolute atomic E-state index is 0.147. The van der Waals surface area contributed by atoms with Gasteiger partial charge in [0.1, 0.15) is 5.82 Å². The minimum atomic E-state index is -0.305. The van der Waals surface area contributed by atoms with Crippen molar-refractivity contribution in [2.75, 3.05) is 18.0 Å². The maximum atomic E-state index is 13.8. The molecule has 1 aliphatic rings. The number of benzene rings is 1. The Bertz CT molecular complexity index is 397. The first-order valence-electron chi connectivity index (χ1n) is 5.94. The highest BCUT2D eigenvalue weighted by Gasteiger charge is 2.25. The summed E-state index contributed by atoms with van der Waals surface area (Å²) in [6.07, 6.45) is 0.383. The molecule has 3 nitrogen and oxygen atoms in total. The molecule has 0 aromatic heterocycles. The second-order valence-corrected chi connectivity index (χ2v) is 4.72. The van der Waals surface area contributed by atoms with Crippen molar-refractivity contribution < 1.29 is 14.6 Å². The van der Waals surface area contributed by atoms with Gasteiger partial charge in [0.25, 0.3) is 0 Å². The third-order valence-corrected chi connectivity index (χ3v) is 3.40. The number of nitrogens with zero attached hydrogens (tertiary/aromatic N) is 1. The number of rotatable bonds is 2. The fraction of sp³-hybridized carbons (Fsp3) is 0.538. The second-order valence-electron chi connectivity index (χ2n) is 4.72. The normalized spacial score (nSPS) is 25.1. The number of hydrogen-bond donors (Lipinski definition) is 2. The van der Waals surface area contributed by atoms with E-state index < -0.39 is 0 Å². The zero-order valence-corrected chi connectivity index (χ0v) is 9.93. The highest BCUT2D eigenvalue weighted by molar-refractivity contribution is 5.49. The van der Waals surface area contributed by atoms with Gasteiger partial charge in [-0.1, -0.05) is 13.0 Å². The lowest BCUT2D eigenvalue weighted by Crippen LogP contribution is -2.42. The lowest BCUT2D eigenvalue weighted by molar-refractivity contribution is 0.0969. The highest BCUT2D eigenvalue weighted by Crippen LogP contribution is 2.26. The van der Waals surface area contributed by atoms with Crippen LogP contribution >= 0.6 is 0 Å². The SMILES string of the molecule is CC1CN(c2ccc(CO)cc2F)CCC1O. The Morgan fingerprint density at radius 2 is 2.24 bits per heavy atom. The van der Waals surface area contributed by atoms with Crippen molar-refractivity contribution in [3.63, 3.8) is 0 Å². The maximum Gasteiger partial charge on any atom is 0.146 e. The van der Waals surface area contributed by atoms with E-state index in [1.807, 2.05) is 11.8 Å². The fourth-order valence-electron chi connectivity index (χ4n) is 2.26. The Balaban J connectivity index is 2.17. The Hall–Kier alpha value is -1.13. The van der Waals surface area contributed by atoms with Gasteiger partial charge in [0.15, 0.2) is 0 Å². The molecule has 1 heterocycles. The molecule has 0 bridgehead atoms. The van der Waals surface area contributed by atoms with Crippen LogP contribution in [0, 0.1) is 11.7 Å². The number of anilines is 1. The van der Waals surface area contributed by atoms with Gasteiger partial charge in [-0.15, -0.1) is 0 Å². The number of halogens is 1. The standard InChI is InChI=1S/C13H18FNO2/c1-9-7-15(5-4-13(9)17)12-3-2-10(8-16)6-11(12)14/h2-3,6,9,13,16-17H,4-5,7-8H2,1H3. The lowest BCUT2D eigenvalue weighted by Gasteiger charge is -2.36.